The molecule has 2 rings (SSSR count). The Kier molecular flexibility index (Phi) is 4.27. The third-order valence-corrected chi connectivity index (χ3v) is 4.43. The molecule has 0 aliphatic carbocycles. The molecule has 0 saturated heterocycles. The lowest BCUT2D eigenvalue weighted by Gasteiger charge is -2.07. The van der Waals surface area contributed by atoms with Gasteiger partial charge < -0.3 is 5.32 Å². The Morgan fingerprint density at radius 1 is 1.39 bits per heavy atom. The number of nitrogens with one attached hydrogen (secondary N) is 1. The normalized spacial score (nSPS) is 10.4. The van der Waals surface area contributed by atoms with E-state index in [0.29, 0.717) is 26.4 Å². The average Bonchev–Trinajstić information content (AvgIpc) is 2.73. The van der Waals surface area contributed by atoms with Gasteiger partial charge in [-0.3, -0.25) is 4.79 Å². The van der Waals surface area contributed by atoms with Crippen LogP contribution >= 0.6 is 50.5 Å². The van der Waals surface area contributed by atoms with Gasteiger partial charge in [-0.15, -0.1) is 11.3 Å². The van der Waals surface area contributed by atoms with Gasteiger partial charge in [0.1, 0.15) is 0 Å². The molecule has 0 radical (unpaired) electrons. The van der Waals surface area contributed by atoms with Crippen molar-refractivity contribution in [1.82, 2.24) is 4.98 Å². The summed E-state index contributed by atoms with van der Waals surface area (Å²) >= 11 is 16.5. The number of nitrogens with zero attached hydrogens (tertiary/aromatic N) is 1. The number of hydrogen-bond donors (Lipinski definition) is 1. The number of amides is 1. The van der Waals surface area contributed by atoms with Crippen molar-refractivity contribution in [2.45, 2.75) is 6.92 Å². The first-order valence-electron chi connectivity index (χ1n) is 4.86. The van der Waals surface area contributed by atoms with Gasteiger partial charge in [0.05, 0.1) is 24.4 Å². The highest BCUT2D eigenvalue weighted by Crippen LogP contribution is 2.27. The van der Waals surface area contributed by atoms with Gasteiger partial charge in [-0.2, -0.15) is 0 Å². The van der Waals surface area contributed by atoms with Crippen molar-refractivity contribution in [3.05, 3.63) is 42.6 Å². The maximum Gasteiger partial charge on any atom is 0.266 e. The number of thiophene rings is 1. The first kappa shape index (κ1) is 13.8. The third-order valence-electron chi connectivity index (χ3n) is 2.13. The Hall–Kier alpha value is -0.620. The summed E-state index contributed by atoms with van der Waals surface area (Å²) in [6, 6.07) is 5.09. The monoisotopic (exact) mass is 364 g/mol. The molecule has 0 aliphatic rings. The van der Waals surface area contributed by atoms with Crippen molar-refractivity contribution in [1.29, 1.82) is 0 Å². The highest BCUT2D eigenvalue weighted by Gasteiger charge is 2.13. The molecule has 3 nitrogen and oxygen atoms in total. The Bertz CT molecular complexity index is 615. The van der Waals surface area contributed by atoms with E-state index in [2.05, 4.69) is 26.2 Å². The molecule has 94 valence electrons. The summed E-state index contributed by atoms with van der Waals surface area (Å²) in [5, 5.41) is 3.44. The van der Waals surface area contributed by atoms with Crippen molar-refractivity contribution >= 4 is 62.2 Å². The molecule has 0 spiro atoms. The molecule has 0 aromatic carbocycles. The number of carbonyl (C=O) groups is 1. The molecule has 1 amide bonds. The standard InChI is InChI=1S/C11H7BrCl2N2OS/c1-5-6(13)4-7(14)10(15-5)16-11(17)8-2-3-9(12)18-8/h2-4H,1H3,(H,15,16,17). The predicted octanol–water partition coefficient (Wildman–Crippen LogP) is 4.77. The van der Waals surface area contributed by atoms with Crippen LogP contribution < -0.4 is 5.32 Å². The smallest absolute Gasteiger partial charge is 0.266 e. The van der Waals surface area contributed by atoms with Crippen LogP contribution in [-0.4, -0.2) is 10.9 Å². The zero-order chi connectivity index (χ0) is 13.3. The molecule has 18 heavy (non-hydrogen) atoms. The summed E-state index contributed by atoms with van der Waals surface area (Å²) in [4.78, 5) is 16.6. The summed E-state index contributed by atoms with van der Waals surface area (Å²) in [6.45, 7) is 1.75. The molecule has 2 aromatic rings. The molecule has 0 fully saturated rings. The first-order valence-corrected chi connectivity index (χ1v) is 7.23. The summed E-state index contributed by atoms with van der Waals surface area (Å²) in [7, 11) is 0. The predicted molar refractivity (Wildman–Crippen MR) is 79.0 cm³/mol. The molecule has 0 bridgehead atoms. The van der Waals surface area contributed by atoms with E-state index in [1.165, 1.54) is 11.3 Å². The second-order valence-corrected chi connectivity index (χ2v) is 6.72. The summed E-state index contributed by atoms with van der Waals surface area (Å²) < 4.78 is 0.888. The number of hydrogen-bond acceptors (Lipinski definition) is 3. The second-order valence-electron chi connectivity index (χ2n) is 3.44. The lowest BCUT2D eigenvalue weighted by Crippen LogP contribution is -2.12. The number of anilines is 1. The van der Waals surface area contributed by atoms with Crippen molar-refractivity contribution in [3.8, 4) is 0 Å². The van der Waals surface area contributed by atoms with E-state index in [9.17, 15) is 4.79 Å². The van der Waals surface area contributed by atoms with E-state index in [-0.39, 0.29) is 5.91 Å². The van der Waals surface area contributed by atoms with E-state index < -0.39 is 0 Å². The fourth-order valence-electron chi connectivity index (χ4n) is 1.25. The largest absolute Gasteiger partial charge is 0.305 e. The minimum absolute atomic E-state index is 0.248. The number of pyridine rings is 1. The molecule has 2 aromatic heterocycles. The molecular formula is C11H7BrCl2N2OS. The van der Waals surface area contributed by atoms with Gasteiger partial charge in [-0.1, -0.05) is 23.2 Å². The van der Waals surface area contributed by atoms with E-state index in [1.54, 1.807) is 19.1 Å². The van der Waals surface area contributed by atoms with Gasteiger partial charge in [-0.05, 0) is 41.1 Å². The van der Waals surface area contributed by atoms with Crippen molar-refractivity contribution < 1.29 is 4.79 Å². The van der Waals surface area contributed by atoms with E-state index in [1.807, 2.05) is 6.07 Å². The maximum atomic E-state index is 11.9. The van der Waals surface area contributed by atoms with Gasteiger partial charge in [0.2, 0.25) is 0 Å². The molecule has 1 N–H and O–H groups in total. The summed E-state index contributed by atoms with van der Waals surface area (Å²) in [5.41, 5.74) is 0.615. The van der Waals surface area contributed by atoms with Crippen LogP contribution in [-0.2, 0) is 0 Å². The Morgan fingerprint density at radius 3 is 2.72 bits per heavy atom. The van der Waals surface area contributed by atoms with Gasteiger partial charge >= 0.3 is 0 Å². The Morgan fingerprint density at radius 2 is 2.11 bits per heavy atom. The molecule has 0 unspecified atom stereocenters. The van der Waals surface area contributed by atoms with Crippen LogP contribution in [0.2, 0.25) is 10.0 Å². The van der Waals surface area contributed by atoms with E-state index in [0.717, 1.165) is 3.79 Å². The minimum atomic E-state index is -0.248. The Labute approximate surface area is 126 Å². The minimum Gasteiger partial charge on any atom is -0.305 e. The molecule has 7 heteroatoms. The zero-order valence-electron chi connectivity index (χ0n) is 9.13. The fraction of sp³-hybridized carbons (Fsp3) is 0.0909. The number of aromatic nitrogens is 1. The highest BCUT2D eigenvalue weighted by atomic mass is 79.9. The number of carbonyl (C=O) groups excluding carboxylic acids is 1. The quantitative estimate of drug-likeness (QED) is 0.832. The van der Waals surface area contributed by atoms with Crippen molar-refractivity contribution in [2.75, 3.05) is 5.32 Å². The molecular weight excluding hydrogens is 359 g/mol. The van der Waals surface area contributed by atoms with Crippen LogP contribution in [0.3, 0.4) is 0 Å². The van der Waals surface area contributed by atoms with Crippen molar-refractivity contribution in [3.63, 3.8) is 0 Å². The van der Waals surface area contributed by atoms with Crippen LogP contribution in [0.15, 0.2) is 22.0 Å². The topological polar surface area (TPSA) is 42.0 Å². The van der Waals surface area contributed by atoms with Crippen LogP contribution in [0, 0.1) is 6.92 Å². The van der Waals surface area contributed by atoms with Gasteiger partial charge in [0.15, 0.2) is 5.82 Å². The van der Waals surface area contributed by atoms with Crippen LogP contribution in [0.1, 0.15) is 15.4 Å². The number of rotatable bonds is 2. The summed E-state index contributed by atoms with van der Waals surface area (Å²) in [6.07, 6.45) is 0. The van der Waals surface area contributed by atoms with Crippen LogP contribution in [0.25, 0.3) is 0 Å². The average molecular weight is 366 g/mol. The lowest BCUT2D eigenvalue weighted by molar-refractivity contribution is 0.103. The van der Waals surface area contributed by atoms with E-state index in [4.69, 9.17) is 23.2 Å². The zero-order valence-corrected chi connectivity index (χ0v) is 13.0. The lowest BCUT2D eigenvalue weighted by atomic mass is 10.3. The van der Waals surface area contributed by atoms with E-state index >= 15 is 0 Å². The van der Waals surface area contributed by atoms with Gasteiger partial charge in [0.25, 0.3) is 5.91 Å². The number of aryl methyl sites for hydroxylation is 1. The van der Waals surface area contributed by atoms with Gasteiger partial charge in [0, 0.05) is 0 Å². The fourth-order valence-corrected chi connectivity index (χ4v) is 2.94. The Balaban J connectivity index is 2.24. The van der Waals surface area contributed by atoms with Crippen molar-refractivity contribution in [2.24, 2.45) is 0 Å². The SMILES string of the molecule is Cc1nc(NC(=O)c2ccc(Br)s2)c(Cl)cc1Cl. The molecule has 0 aliphatic heterocycles. The maximum absolute atomic E-state index is 11.9. The van der Waals surface area contributed by atoms with Gasteiger partial charge in [-0.25, -0.2) is 4.98 Å². The highest BCUT2D eigenvalue weighted by molar-refractivity contribution is 9.11. The van der Waals surface area contributed by atoms with Crippen LogP contribution in [0.5, 0.6) is 0 Å². The van der Waals surface area contributed by atoms with Crippen LogP contribution in [0.4, 0.5) is 5.82 Å². The second kappa shape index (κ2) is 5.57. The molecule has 0 saturated carbocycles. The molecule has 2 heterocycles. The third kappa shape index (κ3) is 3.03. The number of halogens is 3. The molecule has 0 atom stereocenters. The summed E-state index contributed by atoms with van der Waals surface area (Å²) in [5.74, 6) is 0.0647. The first-order chi connectivity index (χ1) is 8.47.